The maximum Gasteiger partial charge on any atom is 0.137 e. The lowest BCUT2D eigenvalue weighted by Crippen LogP contribution is -2.32. The second kappa shape index (κ2) is 6.75. The number of thiophene rings is 1. The zero-order valence-electron chi connectivity index (χ0n) is 13.2. The van der Waals surface area contributed by atoms with Crippen molar-refractivity contribution in [1.82, 2.24) is 9.97 Å². The molecule has 114 valence electrons. The van der Waals surface area contributed by atoms with E-state index in [1.165, 1.54) is 4.88 Å². The number of anilines is 1. The van der Waals surface area contributed by atoms with Crippen LogP contribution in [0.25, 0.3) is 0 Å². The van der Waals surface area contributed by atoms with E-state index in [0.717, 1.165) is 23.6 Å². The average Bonchev–Trinajstić information content (AvgIpc) is 2.93. The minimum absolute atomic E-state index is 0.267. The fourth-order valence-electron chi connectivity index (χ4n) is 2.16. The minimum Gasteiger partial charge on any atom is -0.356 e. The van der Waals surface area contributed by atoms with Gasteiger partial charge in [0.2, 0.25) is 0 Å². The van der Waals surface area contributed by atoms with Crippen molar-refractivity contribution in [3.05, 3.63) is 38.9 Å². The zero-order chi connectivity index (χ0) is 15.6. The van der Waals surface area contributed by atoms with E-state index in [2.05, 4.69) is 55.2 Å². The molecule has 3 nitrogen and oxygen atoms in total. The van der Waals surface area contributed by atoms with Crippen molar-refractivity contribution in [3.63, 3.8) is 0 Å². The molecule has 0 radical (unpaired) electrons. The second-order valence-corrected chi connectivity index (χ2v) is 7.11. The molecule has 2 aromatic rings. The molecule has 0 bridgehead atoms. The smallest absolute Gasteiger partial charge is 0.137 e. The molecule has 0 aliphatic heterocycles. The summed E-state index contributed by atoms with van der Waals surface area (Å²) in [7, 11) is 2.08. The van der Waals surface area contributed by atoms with Crippen LogP contribution in [-0.2, 0) is 6.42 Å². The van der Waals surface area contributed by atoms with Crippen molar-refractivity contribution < 1.29 is 0 Å². The molecule has 0 saturated heterocycles. The number of aromatic nitrogens is 2. The topological polar surface area (TPSA) is 29.0 Å². The number of hydrogen-bond acceptors (Lipinski definition) is 4. The molecule has 0 aliphatic rings. The summed E-state index contributed by atoms with van der Waals surface area (Å²) in [4.78, 5) is 12.7. The third-order valence-corrected chi connectivity index (χ3v) is 4.93. The van der Waals surface area contributed by atoms with Crippen molar-refractivity contribution in [2.75, 3.05) is 11.9 Å². The van der Waals surface area contributed by atoms with E-state index in [1.54, 1.807) is 11.3 Å². The van der Waals surface area contributed by atoms with Crippen LogP contribution in [0.2, 0.25) is 5.15 Å². The van der Waals surface area contributed by atoms with Gasteiger partial charge in [-0.25, -0.2) is 9.97 Å². The molecule has 0 fully saturated rings. The maximum atomic E-state index is 6.28. The predicted molar refractivity (Wildman–Crippen MR) is 91.8 cm³/mol. The summed E-state index contributed by atoms with van der Waals surface area (Å²) in [6.45, 7) is 8.36. The van der Waals surface area contributed by atoms with Gasteiger partial charge in [0.25, 0.3) is 0 Å². The first-order valence-corrected chi connectivity index (χ1v) is 8.45. The van der Waals surface area contributed by atoms with Gasteiger partial charge < -0.3 is 4.90 Å². The van der Waals surface area contributed by atoms with Crippen LogP contribution in [0.3, 0.4) is 0 Å². The van der Waals surface area contributed by atoms with Gasteiger partial charge in [-0.1, -0.05) is 31.5 Å². The SMILES string of the molecule is Cc1c(Cl)nc(C(C)C)nc1N(C)C(C)Cc1cccs1. The van der Waals surface area contributed by atoms with Crippen LogP contribution in [0, 0.1) is 6.92 Å². The molecule has 2 rings (SSSR count). The molecule has 21 heavy (non-hydrogen) atoms. The number of halogens is 1. The first-order valence-electron chi connectivity index (χ1n) is 7.19. The lowest BCUT2D eigenvalue weighted by Gasteiger charge is -2.28. The van der Waals surface area contributed by atoms with Crippen LogP contribution in [0.1, 0.15) is 43.0 Å². The third kappa shape index (κ3) is 3.74. The molecular formula is C16H22ClN3S. The Kier molecular flexibility index (Phi) is 5.22. The Morgan fingerprint density at radius 3 is 2.57 bits per heavy atom. The third-order valence-electron chi connectivity index (χ3n) is 3.67. The average molecular weight is 324 g/mol. The highest BCUT2D eigenvalue weighted by molar-refractivity contribution is 7.09. The fourth-order valence-corrected chi connectivity index (χ4v) is 3.16. The Morgan fingerprint density at radius 1 is 1.29 bits per heavy atom. The highest BCUT2D eigenvalue weighted by atomic mass is 35.5. The standard InChI is InChI=1S/C16H22ClN3S/c1-10(2)15-18-14(17)12(4)16(19-15)20(5)11(3)9-13-7-6-8-21-13/h6-8,10-11H,9H2,1-5H3. The van der Waals surface area contributed by atoms with Gasteiger partial charge in [-0.15, -0.1) is 11.3 Å². The van der Waals surface area contributed by atoms with Gasteiger partial charge in [0.15, 0.2) is 0 Å². The normalized spacial score (nSPS) is 12.7. The van der Waals surface area contributed by atoms with Crippen molar-refractivity contribution in [3.8, 4) is 0 Å². The fraction of sp³-hybridized carbons (Fsp3) is 0.500. The summed E-state index contributed by atoms with van der Waals surface area (Å²) >= 11 is 8.07. The second-order valence-electron chi connectivity index (χ2n) is 5.72. The predicted octanol–water partition coefficient (Wildman–Crippen LogP) is 4.69. The van der Waals surface area contributed by atoms with Gasteiger partial charge in [0.1, 0.15) is 16.8 Å². The van der Waals surface area contributed by atoms with Crippen LogP contribution >= 0.6 is 22.9 Å². The van der Waals surface area contributed by atoms with Crippen LogP contribution in [0.4, 0.5) is 5.82 Å². The van der Waals surface area contributed by atoms with E-state index < -0.39 is 0 Å². The molecule has 0 aliphatic carbocycles. The zero-order valence-corrected chi connectivity index (χ0v) is 14.8. The first-order chi connectivity index (χ1) is 9.90. The van der Waals surface area contributed by atoms with Crippen LogP contribution in [0.5, 0.6) is 0 Å². The summed E-state index contributed by atoms with van der Waals surface area (Å²) in [5.74, 6) is 2.00. The first kappa shape index (κ1) is 16.2. The minimum atomic E-state index is 0.267. The number of rotatable bonds is 5. The Hall–Kier alpha value is -1.13. The molecule has 0 saturated carbocycles. The summed E-state index contributed by atoms with van der Waals surface area (Å²) in [5, 5.41) is 2.67. The van der Waals surface area contributed by atoms with Crippen molar-refractivity contribution >= 4 is 28.8 Å². The highest BCUT2D eigenvalue weighted by Crippen LogP contribution is 2.27. The summed E-state index contributed by atoms with van der Waals surface area (Å²) < 4.78 is 0. The molecule has 2 aromatic heterocycles. The summed E-state index contributed by atoms with van der Waals surface area (Å²) in [6, 6.07) is 4.62. The Morgan fingerprint density at radius 2 is 2.00 bits per heavy atom. The Bertz CT molecular complexity index is 596. The molecule has 0 aromatic carbocycles. The quantitative estimate of drug-likeness (QED) is 0.747. The van der Waals surface area contributed by atoms with E-state index in [-0.39, 0.29) is 5.92 Å². The van der Waals surface area contributed by atoms with Crippen molar-refractivity contribution in [2.45, 2.75) is 46.1 Å². The van der Waals surface area contributed by atoms with Crippen LogP contribution in [0.15, 0.2) is 17.5 Å². The van der Waals surface area contributed by atoms with Gasteiger partial charge in [-0.05, 0) is 25.3 Å². The Labute approximate surface area is 136 Å². The van der Waals surface area contributed by atoms with Gasteiger partial charge in [0, 0.05) is 35.9 Å². The van der Waals surface area contributed by atoms with E-state index in [9.17, 15) is 0 Å². The van der Waals surface area contributed by atoms with E-state index >= 15 is 0 Å². The summed E-state index contributed by atoms with van der Waals surface area (Å²) in [6.07, 6.45) is 1.01. The van der Waals surface area contributed by atoms with Crippen LogP contribution in [-0.4, -0.2) is 23.1 Å². The van der Waals surface area contributed by atoms with E-state index in [0.29, 0.717) is 11.2 Å². The van der Waals surface area contributed by atoms with Crippen molar-refractivity contribution in [2.24, 2.45) is 0 Å². The highest BCUT2D eigenvalue weighted by Gasteiger charge is 2.19. The number of hydrogen-bond donors (Lipinski definition) is 0. The molecule has 1 atom stereocenters. The largest absolute Gasteiger partial charge is 0.356 e. The molecule has 5 heteroatoms. The van der Waals surface area contributed by atoms with E-state index in [1.807, 2.05) is 6.92 Å². The molecule has 0 spiro atoms. The number of likely N-dealkylation sites (N-methyl/N-ethyl adjacent to an activating group) is 1. The number of nitrogens with zero attached hydrogens (tertiary/aromatic N) is 3. The molecule has 0 N–H and O–H groups in total. The van der Waals surface area contributed by atoms with Gasteiger partial charge in [0.05, 0.1) is 0 Å². The molecular weight excluding hydrogens is 302 g/mol. The monoisotopic (exact) mass is 323 g/mol. The van der Waals surface area contributed by atoms with E-state index in [4.69, 9.17) is 16.6 Å². The van der Waals surface area contributed by atoms with Crippen molar-refractivity contribution in [1.29, 1.82) is 0 Å². The molecule has 2 heterocycles. The molecule has 0 amide bonds. The lowest BCUT2D eigenvalue weighted by molar-refractivity contribution is 0.668. The van der Waals surface area contributed by atoms with Gasteiger partial charge >= 0.3 is 0 Å². The molecule has 1 unspecified atom stereocenters. The lowest BCUT2D eigenvalue weighted by atomic mass is 10.1. The Balaban J connectivity index is 2.27. The summed E-state index contributed by atoms with van der Waals surface area (Å²) in [5.41, 5.74) is 0.946. The van der Waals surface area contributed by atoms with Crippen LogP contribution < -0.4 is 4.90 Å². The van der Waals surface area contributed by atoms with Gasteiger partial charge in [-0.2, -0.15) is 0 Å². The maximum absolute atomic E-state index is 6.28. The van der Waals surface area contributed by atoms with Gasteiger partial charge in [-0.3, -0.25) is 0 Å².